The van der Waals surface area contributed by atoms with Crippen molar-refractivity contribution in [1.29, 1.82) is 0 Å². The van der Waals surface area contributed by atoms with Crippen LogP contribution in [0.15, 0.2) is 0 Å². The van der Waals surface area contributed by atoms with Gasteiger partial charge < -0.3 is 15.2 Å². The van der Waals surface area contributed by atoms with Crippen molar-refractivity contribution in [3.05, 3.63) is 0 Å². The Morgan fingerprint density at radius 1 is 1.30 bits per heavy atom. The zero-order chi connectivity index (χ0) is 15.3. The van der Waals surface area contributed by atoms with E-state index < -0.39 is 5.60 Å². The number of aliphatic hydroxyl groups excluding tert-OH is 1. The van der Waals surface area contributed by atoms with E-state index in [1.165, 1.54) is 0 Å². The summed E-state index contributed by atoms with van der Waals surface area (Å²) in [5, 5.41) is 12.9. The molecule has 1 fully saturated rings. The van der Waals surface area contributed by atoms with Crippen molar-refractivity contribution in [2.45, 2.75) is 77.7 Å². The molecular formula is C15H30N2O3. The molecule has 5 nitrogen and oxygen atoms in total. The van der Waals surface area contributed by atoms with Crippen molar-refractivity contribution < 1.29 is 14.6 Å². The molecule has 1 amide bonds. The first kappa shape index (κ1) is 17.2. The molecular weight excluding hydrogens is 256 g/mol. The predicted octanol–water partition coefficient (Wildman–Crippen LogP) is 2.13. The molecule has 0 aromatic rings. The molecule has 3 unspecified atom stereocenters. The second-order valence-corrected chi connectivity index (χ2v) is 6.51. The summed E-state index contributed by atoms with van der Waals surface area (Å²) in [6.07, 6.45) is 1.61. The summed E-state index contributed by atoms with van der Waals surface area (Å²) in [5.41, 5.74) is -0.483. The third-order valence-electron chi connectivity index (χ3n) is 3.77. The highest BCUT2D eigenvalue weighted by atomic mass is 16.6. The maximum Gasteiger partial charge on any atom is 0.407 e. The molecule has 0 aromatic heterocycles. The molecule has 20 heavy (non-hydrogen) atoms. The molecule has 2 N–H and O–H groups in total. The minimum Gasteiger partial charge on any atom is -0.444 e. The Morgan fingerprint density at radius 3 is 2.40 bits per heavy atom. The maximum absolute atomic E-state index is 11.9. The molecule has 3 atom stereocenters. The fourth-order valence-corrected chi connectivity index (χ4v) is 2.85. The standard InChI is InChI=1S/C15H30N2O3/c1-6-17(7-2)13-10-11(18)8-9-12(13)16-14(19)20-15(3,4)5/h11-13,18H,6-10H2,1-5H3,(H,16,19). The number of rotatable bonds is 4. The number of hydrogen-bond acceptors (Lipinski definition) is 4. The fraction of sp³-hybridized carbons (Fsp3) is 0.933. The molecule has 5 heteroatoms. The first-order valence-electron chi connectivity index (χ1n) is 7.68. The van der Waals surface area contributed by atoms with Crippen LogP contribution < -0.4 is 5.32 Å². The first-order chi connectivity index (χ1) is 9.26. The number of aliphatic hydroxyl groups is 1. The lowest BCUT2D eigenvalue weighted by Gasteiger charge is -2.41. The van der Waals surface area contributed by atoms with Gasteiger partial charge in [-0.05, 0) is 53.1 Å². The van der Waals surface area contributed by atoms with Gasteiger partial charge in [-0.3, -0.25) is 4.90 Å². The number of amides is 1. The van der Waals surface area contributed by atoms with Crippen molar-refractivity contribution in [3.63, 3.8) is 0 Å². The van der Waals surface area contributed by atoms with Gasteiger partial charge in [-0.2, -0.15) is 0 Å². The van der Waals surface area contributed by atoms with E-state index in [-0.39, 0.29) is 24.3 Å². The smallest absolute Gasteiger partial charge is 0.407 e. The van der Waals surface area contributed by atoms with Crippen LogP contribution in [0.4, 0.5) is 4.79 Å². The lowest BCUT2D eigenvalue weighted by Crippen LogP contribution is -2.56. The Labute approximate surface area is 122 Å². The minimum absolute atomic E-state index is 0.0492. The second kappa shape index (κ2) is 7.27. The number of ether oxygens (including phenoxy) is 1. The lowest BCUT2D eigenvalue weighted by atomic mass is 9.87. The maximum atomic E-state index is 11.9. The third-order valence-corrected chi connectivity index (χ3v) is 3.77. The molecule has 0 aliphatic heterocycles. The van der Waals surface area contributed by atoms with Gasteiger partial charge in [0.25, 0.3) is 0 Å². The van der Waals surface area contributed by atoms with E-state index >= 15 is 0 Å². The van der Waals surface area contributed by atoms with Crippen molar-refractivity contribution in [2.75, 3.05) is 13.1 Å². The molecule has 0 radical (unpaired) electrons. The molecule has 0 spiro atoms. The SMILES string of the molecule is CCN(CC)C1CC(O)CCC1NC(=O)OC(C)(C)C. The van der Waals surface area contributed by atoms with Crippen LogP contribution in [-0.4, -0.2) is 53.0 Å². The highest BCUT2D eigenvalue weighted by molar-refractivity contribution is 5.68. The summed E-state index contributed by atoms with van der Waals surface area (Å²) < 4.78 is 5.33. The van der Waals surface area contributed by atoms with E-state index in [4.69, 9.17) is 4.74 Å². The van der Waals surface area contributed by atoms with E-state index in [0.29, 0.717) is 6.42 Å². The van der Waals surface area contributed by atoms with Crippen LogP contribution in [0.2, 0.25) is 0 Å². The monoisotopic (exact) mass is 286 g/mol. The average Bonchev–Trinajstić information content (AvgIpc) is 2.31. The van der Waals surface area contributed by atoms with Gasteiger partial charge in [0.2, 0.25) is 0 Å². The highest BCUT2D eigenvalue weighted by Gasteiger charge is 2.34. The second-order valence-electron chi connectivity index (χ2n) is 6.51. The summed E-state index contributed by atoms with van der Waals surface area (Å²) in [4.78, 5) is 14.2. The van der Waals surface area contributed by atoms with E-state index in [9.17, 15) is 9.90 Å². The molecule has 118 valence electrons. The van der Waals surface area contributed by atoms with E-state index in [2.05, 4.69) is 24.1 Å². The van der Waals surface area contributed by atoms with Gasteiger partial charge in [0.05, 0.1) is 6.10 Å². The van der Waals surface area contributed by atoms with Crippen LogP contribution in [0.3, 0.4) is 0 Å². The van der Waals surface area contributed by atoms with Crippen molar-refractivity contribution in [3.8, 4) is 0 Å². The van der Waals surface area contributed by atoms with E-state index in [1.54, 1.807) is 0 Å². The largest absolute Gasteiger partial charge is 0.444 e. The molecule has 0 heterocycles. The molecule has 0 aromatic carbocycles. The van der Waals surface area contributed by atoms with Gasteiger partial charge in [0.15, 0.2) is 0 Å². The molecule has 0 saturated heterocycles. The van der Waals surface area contributed by atoms with Gasteiger partial charge >= 0.3 is 6.09 Å². The van der Waals surface area contributed by atoms with E-state index in [0.717, 1.165) is 25.9 Å². The number of alkyl carbamates (subject to hydrolysis) is 1. The molecule has 1 aliphatic carbocycles. The van der Waals surface area contributed by atoms with Gasteiger partial charge in [0, 0.05) is 12.1 Å². The van der Waals surface area contributed by atoms with Crippen LogP contribution in [0, 0.1) is 0 Å². The summed E-state index contributed by atoms with van der Waals surface area (Å²) in [5.74, 6) is 0. The zero-order valence-corrected chi connectivity index (χ0v) is 13.5. The normalized spacial score (nSPS) is 27.4. The van der Waals surface area contributed by atoms with Gasteiger partial charge in [-0.1, -0.05) is 13.8 Å². The Balaban J connectivity index is 2.67. The Morgan fingerprint density at radius 2 is 1.90 bits per heavy atom. The lowest BCUT2D eigenvalue weighted by molar-refractivity contribution is 0.0253. The Hall–Kier alpha value is -0.810. The molecule has 1 saturated carbocycles. The highest BCUT2D eigenvalue weighted by Crippen LogP contribution is 2.24. The summed E-state index contributed by atoms with van der Waals surface area (Å²) in [6, 6.07) is 0.231. The van der Waals surface area contributed by atoms with Gasteiger partial charge in [0.1, 0.15) is 5.60 Å². The number of nitrogens with zero attached hydrogens (tertiary/aromatic N) is 1. The average molecular weight is 286 g/mol. The third kappa shape index (κ3) is 5.29. The topological polar surface area (TPSA) is 61.8 Å². The fourth-order valence-electron chi connectivity index (χ4n) is 2.85. The number of carbonyl (C=O) groups excluding carboxylic acids is 1. The Kier molecular flexibility index (Phi) is 6.27. The van der Waals surface area contributed by atoms with Crippen molar-refractivity contribution in [1.82, 2.24) is 10.2 Å². The number of likely N-dealkylation sites (N-methyl/N-ethyl adjacent to an activating group) is 1. The number of nitrogens with one attached hydrogen (secondary N) is 1. The minimum atomic E-state index is -0.483. The van der Waals surface area contributed by atoms with Gasteiger partial charge in [-0.25, -0.2) is 4.79 Å². The summed E-state index contributed by atoms with van der Waals surface area (Å²) in [6.45, 7) is 11.6. The van der Waals surface area contributed by atoms with Crippen molar-refractivity contribution in [2.24, 2.45) is 0 Å². The van der Waals surface area contributed by atoms with Gasteiger partial charge in [-0.15, -0.1) is 0 Å². The van der Waals surface area contributed by atoms with Crippen LogP contribution in [0.1, 0.15) is 53.9 Å². The number of hydrogen-bond donors (Lipinski definition) is 2. The molecule has 1 rings (SSSR count). The van der Waals surface area contributed by atoms with Crippen LogP contribution in [0.5, 0.6) is 0 Å². The molecule has 1 aliphatic rings. The summed E-state index contributed by atoms with van der Waals surface area (Å²) in [7, 11) is 0. The van der Waals surface area contributed by atoms with Crippen LogP contribution in [-0.2, 0) is 4.74 Å². The van der Waals surface area contributed by atoms with Crippen LogP contribution >= 0.6 is 0 Å². The van der Waals surface area contributed by atoms with Crippen LogP contribution in [0.25, 0.3) is 0 Å². The Bertz CT molecular complexity index is 311. The predicted molar refractivity (Wildman–Crippen MR) is 79.7 cm³/mol. The quantitative estimate of drug-likeness (QED) is 0.831. The first-order valence-corrected chi connectivity index (χ1v) is 7.68. The van der Waals surface area contributed by atoms with E-state index in [1.807, 2.05) is 20.8 Å². The zero-order valence-electron chi connectivity index (χ0n) is 13.5. The van der Waals surface area contributed by atoms with Crippen molar-refractivity contribution >= 4 is 6.09 Å². The molecule has 0 bridgehead atoms. The number of carbonyl (C=O) groups is 1. The summed E-state index contributed by atoms with van der Waals surface area (Å²) >= 11 is 0.